The predicted molar refractivity (Wildman–Crippen MR) is 53.5 cm³/mol. The Bertz CT molecular complexity index is 310. The van der Waals surface area contributed by atoms with Gasteiger partial charge in [-0.25, -0.2) is 4.79 Å². The highest BCUT2D eigenvalue weighted by Gasteiger charge is 2.08. The van der Waals surface area contributed by atoms with Gasteiger partial charge in [-0.05, 0) is 31.5 Å². The van der Waals surface area contributed by atoms with E-state index in [9.17, 15) is 4.79 Å². The lowest BCUT2D eigenvalue weighted by Crippen LogP contribution is -2.35. The fourth-order valence-electron chi connectivity index (χ4n) is 1.16. The third-order valence-electron chi connectivity index (χ3n) is 1.80. The third-order valence-corrected chi connectivity index (χ3v) is 1.80. The SMILES string of the molecule is [CH2]CN(C(N)=O)c1cccc(C)c1. The second-order valence-corrected chi connectivity index (χ2v) is 2.83. The van der Waals surface area contributed by atoms with Crippen LogP contribution in [0.15, 0.2) is 24.3 Å². The second-order valence-electron chi connectivity index (χ2n) is 2.83. The van der Waals surface area contributed by atoms with Gasteiger partial charge in [0, 0.05) is 12.2 Å². The molecule has 0 atom stereocenters. The molecule has 13 heavy (non-hydrogen) atoms. The number of hydrogen-bond donors (Lipinski definition) is 1. The second kappa shape index (κ2) is 3.94. The predicted octanol–water partition coefficient (Wildman–Crippen LogP) is 1.71. The minimum absolute atomic E-state index is 0.346. The number of benzene rings is 1. The molecule has 0 spiro atoms. The maximum absolute atomic E-state index is 11.0. The van der Waals surface area contributed by atoms with Gasteiger partial charge in [0.2, 0.25) is 0 Å². The van der Waals surface area contributed by atoms with Crippen LogP contribution in [-0.2, 0) is 0 Å². The zero-order valence-electron chi connectivity index (χ0n) is 7.66. The molecule has 0 bridgehead atoms. The number of urea groups is 1. The van der Waals surface area contributed by atoms with Gasteiger partial charge in [-0.3, -0.25) is 4.90 Å². The first kappa shape index (κ1) is 9.58. The van der Waals surface area contributed by atoms with Crippen LogP contribution in [0.1, 0.15) is 5.56 Å². The molecule has 0 saturated carbocycles. The van der Waals surface area contributed by atoms with E-state index in [0.717, 1.165) is 11.3 Å². The van der Waals surface area contributed by atoms with Gasteiger partial charge in [0.1, 0.15) is 0 Å². The van der Waals surface area contributed by atoms with Crippen molar-refractivity contribution in [3.8, 4) is 0 Å². The Morgan fingerprint density at radius 1 is 1.62 bits per heavy atom. The topological polar surface area (TPSA) is 46.3 Å². The van der Waals surface area contributed by atoms with Crippen molar-refractivity contribution in [2.45, 2.75) is 6.92 Å². The van der Waals surface area contributed by atoms with Crippen molar-refractivity contribution >= 4 is 11.7 Å². The summed E-state index contributed by atoms with van der Waals surface area (Å²) in [6.07, 6.45) is 0. The number of carbonyl (C=O) groups excluding carboxylic acids is 1. The average Bonchev–Trinajstić information content (AvgIpc) is 2.04. The maximum atomic E-state index is 11.0. The number of nitrogens with zero attached hydrogens (tertiary/aromatic N) is 1. The van der Waals surface area contributed by atoms with E-state index in [1.807, 2.05) is 31.2 Å². The summed E-state index contributed by atoms with van der Waals surface area (Å²) in [5, 5.41) is 0. The molecule has 0 aliphatic heterocycles. The van der Waals surface area contributed by atoms with Crippen molar-refractivity contribution in [3.05, 3.63) is 36.8 Å². The zero-order valence-corrected chi connectivity index (χ0v) is 7.66. The molecule has 1 radical (unpaired) electrons. The normalized spacial score (nSPS) is 9.69. The van der Waals surface area contributed by atoms with Crippen LogP contribution in [0.2, 0.25) is 0 Å². The van der Waals surface area contributed by atoms with E-state index < -0.39 is 6.03 Å². The van der Waals surface area contributed by atoms with E-state index in [2.05, 4.69) is 6.92 Å². The van der Waals surface area contributed by atoms with Crippen molar-refractivity contribution in [1.29, 1.82) is 0 Å². The average molecular weight is 177 g/mol. The quantitative estimate of drug-likeness (QED) is 0.734. The van der Waals surface area contributed by atoms with E-state index >= 15 is 0 Å². The lowest BCUT2D eigenvalue weighted by atomic mass is 10.2. The molecule has 3 nitrogen and oxygen atoms in total. The van der Waals surface area contributed by atoms with Crippen LogP contribution < -0.4 is 10.6 Å². The van der Waals surface area contributed by atoms with Crippen LogP contribution in [-0.4, -0.2) is 12.6 Å². The van der Waals surface area contributed by atoms with Gasteiger partial charge in [-0.1, -0.05) is 12.1 Å². The summed E-state index contributed by atoms with van der Waals surface area (Å²) in [5.41, 5.74) is 7.06. The van der Waals surface area contributed by atoms with Gasteiger partial charge in [-0.2, -0.15) is 0 Å². The van der Waals surface area contributed by atoms with Gasteiger partial charge < -0.3 is 5.73 Å². The fourth-order valence-corrected chi connectivity index (χ4v) is 1.16. The fraction of sp³-hybridized carbons (Fsp3) is 0.200. The standard InChI is InChI=1S/C10H13N2O/c1-3-12(10(11)13)9-6-4-5-8(2)7-9/h4-7H,1,3H2,2H3,(H2,11,13). The van der Waals surface area contributed by atoms with E-state index in [1.165, 1.54) is 4.90 Å². The minimum Gasteiger partial charge on any atom is -0.351 e. The molecule has 69 valence electrons. The van der Waals surface area contributed by atoms with Gasteiger partial charge in [0.15, 0.2) is 0 Å². The van der Waals surface area contributed by atoms with Crippen LogP contribution in [0.3, 0.4) is 0 Å². The van der Waals surface area contributed by atoms with Crippen molar-refractivity contribution in [3.63, 3.8) is 0 Å². The lowest BCUT2D eigenvalue weighted by molar-refractivity contribution is 0.254. The molecule has 0 aliphatic rings. The summed E-state index contributed by atoms with van der Waals surface area (Å²) in [6.45, 7) is 5.95. The molecule has 0 aromatic heterocycles. The summed E-state index contributed by atoms with van der Waals surface area (Å²) < 4.78 is 0. The Balaban J connectivity index is 2.98. The van der Waals surface area contributed by atoms with Crippen molar-refractivity contribution in [1.82, 2.24) is 0 Å². The highest BCUT2D eigenvalue weighted by Crippen LogP contribution is 2.14. The Labute approximate surface area is 78.2 Å². The molecule has 2 N–H and O–H groups in total. The summed E-state index contributed by atoms with van der Waals surface area (Å²) in [7, 11) is 0. The number of hydrogen-bond acceptors (Lipinski definition) is 1. The van der Waals surface area contributed by atoms with E-state index in [1.54, 1.807) is 0 Å². The van der Waals surface area contributed by atoms with Crippen molar-refractivity contribution in [2.75, 3.05) is 11.4 Å². The smallest absolute Gasteiger partial charge is 0.319 e. The molecule has 0 saturated heterocycles. The number of carbonyl (C=O) groups is 1. The van der Waals surface area contributed by atoms with E-state index in [0.29, 0.717) is 6.54 Å². The van der Waals surface area contributed by atoms with Crippen molar-refractivity contribution < 1.29 is 4.79 Å². The summed E-state index contributed by atoms with van der Waals surface area (Å²) >= 11 is 0. The molecule has 0 fully saturated rings. The van der Waals surface area contributed by atoms with Crippen LogP contribution >= 0.6 is 0 Å². The molecule has 2 amide bonds. The summed E-state index contributed by atoms with van der Waals surface area (Å²) in [4.78, 5) is 12.4. The first-order chi connectivity index (χ1) is 6.15. The number of primary amides is 1. The lowest BCUT2D eigenvalue weighted by Gasteiger charge is -2.18. The Morgan fingerprint density at radius 3 is 2.77 bits per heavy atom. The third kappa shape index (κ3) is 2.21. The van der Waals surface area contributed by atoms with Gasteiger partial charge in [-0.15, -0.1) is 0 Å². The Hall–Kier alpha value is -1.51. The van der Waals surface area contributed by atoms with Gasteiger partial charge in [0.25, 0.3) is 0 Å². The first-order valence-corrected chi connectivity index (χ1v) is 4.08. The number of nitrogens with two attached hydrogens (primary N) is 1. The van der Waals surface area contributed by atoms with Crippen molar-refractivity contribution in [2.24, 2.45) is 5.73 Å². The van der Waals surface area contributed by atoms with E-state index in [-0.39, 0.29) is 0 Å². The van der Waals surface area contributed by atoms with Crippen LogP contribution in [0.5, 0.6) is 0 Å². The molecule has 0 unspecified atom stereocenters. The number of amides is 2. The molecular formula is C10H13N2O. The molecule has 1 aromatic carbocycles. The molecule has 1 rings (SSSR count). The van der Waals surface area contributed by atoms with Crippen LogP contribution in [0.4, 0.5) is 10.5 Å². The van der Waals surface area contributed by atoms with E-state index in [4.69, 9.17) is 5.73 Å². The monoisotopic (exact) mass is 177 g/mol. The molecule has 3 heteroatoms. The molecule has 1 aromatic rings. The largest absolute Gasteiger partial charge is 0.351 e. The minimum atomic E-state index is -0.472. The van der Waals surface area contributed by atoms with Gasteiger partial charge >= 0.3 is 6.03 Å². The molecule has 0 heterocycles. The summed E-state index contributed by atoms with van der Waals surface area (Å²) in [5.74, 6) is 0. The van der Waals surface area contributed by atoms with Crippen LogP contribution in [0, 0.1) is 13.8 Å². The highest BCUT2D eigenvalue weighted by atomic mass is 16.2. The molecule has 0 aliphatic carbocycles. The number of rotatable bonds is 2. The number of anilines is 1. The zero-order chi connectivity index (χ0) is 9.84. The first-order valence-electron chi connectivity index (χ1n) is 4.08. The van der Waals surface area contributed by atoms with Crippen LogP contribution in [0.25, 0.3) is 0 Å². The number of aryl methyl sites for hydroxylation is 1. The highest BCUT2D eigenvalue weighted by molar-refractivity contribution is 5.90. The summed E-state index contributed by atoms with van der Waals surface area (Å²) in [6, 6.07) is 7.11. The van der Waals surface area contributed by atoms with Gasteiger partial charge in [0.05, 0.1) is 0 Å². The Morgan fingerprint density at radius 2 is 2.31 bits per heavy atom. The molecular weight excluding hydrogens is 164 g/mol. The maximum Gasteiger partial charge on any atom is 0.319 e. The Kier molecular flexibility index (Phi) is 2.90.